The Balaban J connectivity index is 1.10. The molecule has 0 spiro atoms. The lowest BCUT2D eigenvalue weighted by atomic mass is 9.79. The normalized spacial score (nSPS) is 26.7. The molecule has 9 rings (SSSR count). The molecule has 65 heavy (non-hydrogen) atoms. The van der Waals surface area contributed by atoms with Crippen LogP contribution in [0.15, 0.2) is 182 Å². The molecule has 2 bridgehead atoms. The monoisotopic (exact) mass is 878 g/mol. The van der Waals surface area contributed by atoms with Crippen molar-refractivity contribution in [2.45, 2.75) is 101 Å². The Morgan fingerprint density at radius 3 is 1.23 bits per heavy atom. The van der Waals surface area contributed by atoms with Crippen molar-refractivity contribution in [3.8, 4) is 0 Å². The first-order chi connectivity index (χ1) is 32.2. The Labute approximate surface area is 381 Å². The maximum atomic E-state index is 13.4. The molecule has 0 saturated carbocycles. The zero-order valence-corrected chi connectivity index (χ0v) is 36.4. The zero-order valence-electron chi connectivity index (χ0n) is 36.4. The van der Waals surface area contributed by atoms with Gasteiger partial charge in [-0.05, 0) is 33.4 Å². The van der Waals surface area contributed by atoms with E-state index in [4.69, 9.17) is 42.6 Å². The molecule has 3 fully saturated rings. The summed E-state index contributed by atoms with van der Waals surface area (Å²) in [6.07, 6.45) is -7.76. The van der Waals surface area contributed by atoms with Crippen molar-refractivity contribution in [3.63, 3.8) is 0 Å². The molecule has 0 aliphatic carbocycles. The van der Waals surface area contributed by atoms with Gasteiger partial charge in [-0.25, -0.2) is 0 Å². The van der Waals surface area contributed by atoms with Crippen LogP contribution in [-0.2, 0) is 82.3 Å². The maximum Gasteiger partial charge on any atom is 0.184 e. The van der Waals surface area contributed by atoms with E-state index >= 15 is 0 Å². The Hall–Kier alpha value is -5.08. The summed E-state index contributed by atoms with van der Waals surface area (Å²) in [7, 11) is 0. The van der Waals surface area contributed by atoms with E-state index in [1.807, 2.05) is 182 Å². The standard InChI is InChI=1S/C55H58O10/c56-48(47-49(58-32-40-21-9-2-10-22-40)46-38-63-55(65-46)51(47)60-34-42-25-13-4-14-26-42)52-54(62-36-44-29-17-6-18-30-44)53(61-35-43-27-15-5-16-28-43)50(59-33-41-23-11-3-12-24-41)45(64-52)37-57-31-39-19-7-1-8-20-39/h1-30,45-56H,31-38H2/t45-,46-,47+,48?,49-,50-,51+,52-,53+,54-,55-/m1/s1. The molecule has 10 heteroatoms. The van der Waals surface area contributed by atoms with Gasteiger partial charge in [0.1, 0.15) is 42.7 Å². The highest BCUT2D eigenvalue weighted by Crippen LogP contribution is 2.42. The number of benzene rings is 6. The summed E-state index contributed by atoms with van der Waals surface area (Å²) in [4.78, 5) is 0. The first kappa shape index (κ1) is 45.1. The van der Waals surface area contributed by atoms with Crippen LogP contribution in [0.25, 0.3) is 0 Å². The first-order valence-electron chi connectivity index (χ1n) is 22.7. The van der Waals surface area contributed by atoms with Crippen molar-refractivity contribution in [1.82, 2.24) is 0 Å². The Kier molecular flexibility index (Phi) is 15.9. The number of hydrogen-bond acceptors (Lipinski definition) is 10. The smallest absolute Gasteiger partial charge is 0.184 e. The van der Waals surface area contributed by atoms with Crippen molar-refractivity contribution < 1.29 is 47.7 Å². The van der Waals surface area contributed by atoms with Gasteiger partial charge in [-0.15, -0.1) is 0 Å². The summed E-state index contributed by atoms with van der Waals surface area (Å²) < 4.78 is 61.1. The number of ether oxygens (including phenoxy) is 9. The van der Waals surface area contributed by atoms with Crippen molar-refractivity contribution in [2.24, 2.45) is 5.92 Å². The van der Waals surface area contributed by atoms with Gasteiger partial charge in [-0.1, -0.05) is 182 Å². The largest absolute Gasteiger partial charge is 0.390 e. The van der Waals surface area contributed by atoms with Crippen LogP contribution >= 0.6 is 0 Å². The molecule has 0 radical (unpaired) electrons. The van der Waals surface area contributed by atoms with Crippen LogP contribution in [0, 0.1) is 5.92 Å². The van der Waals surface area contributed by atoms with Gasteiger partial charge < -0.3 is 47.7 Å². The lowest BCUT2D eigenvalue weighted by Gasteiger charge is -2.51. The van der Waals surface area contributed by atoms with Crippen LogP contribution in [-0.4, -0.2) is 79.5 Å². The second kappa shape index (κ2) is 22.9. The lowest BCUT2D eigenvalue weighted by molar-refractivity contribution is -0.309. The van der Waals surface area contributed by atoms with Crippen molar-refractivity contribution >= 4 is 0 Å². The van der Waals surface area contributed by atoms with Gasteiger partial charge in [0.2, 0.25) is 0 Å². The van der Waals surface area contributed by atoms with Crippen molar-refractivity contribution in [2.75, 3.05) is 13.2 Å². The second-order valence-corrected chi connectivity index (χ2v) is 16.9. The van der Waals surface area contributed by atoms with Crippen LogP contribution in [0.1, 0.15) is 33.4 Å². The molecule has 6 aromatic rings. The molecular weight excluding hydrogens is 821 g/mol. The van der Waals surface area contributed by atoms with Gasteiger partial charge in [0.15, 0.2) is 6.29 Å². The molecule has 3 aliphatic heterocycles. The molecule has 10 nitrogen and oxygen atoms in total. The van der Waals surface area contributed by atoms with E-state index < -0.39 is 67.1 Å². The SMILES string of the molecule is OC([C@@H]1[C@H](OCc2ccccc2)[C@@H]2OC[C@@H](O2)[C@H]1OCc1ccccc1)[C@H]1O[C@H](COCc2ccccc2)[C@@H](OCc2ccccc2)[C@H](OCc2ccccc2)[C@@H]1OCc1ccccc1. The molecule has 11 atom stereocenters. The van der Waals surface area contributed by atoms with Gasteiger partial charge in [0, 0.05) is 5.92 Å². The predicted molar refractivity (Wildman–Crippen MR) is 244 cm³/mol. The quantitative estimate of drug-likeness (QED) is 0.0757. The van der Waals surface area contributed by atoms with E-state index in [1.54, 1.807) is 0 Å². The van der Waals surface area contributed by atoms with Crippen LogP contribution in [0.3, 0.4) is 0 Å². The minimum Gasteiger partial charge on any atom is -0.390 e. The molecule has 1 N–H and O–H groups in total. The average Bonchev–Trinajstić information content (AvgIpc) is 3.80. The fraction of sp³-hybridized carbons (Fsp3) is 0.345. The molecule has 0 aromatic heterocycles. The van der Waals surface area contributed by atoms with Gasteiger partial charge in [0.05, 0.1) is 65.1 Å². The molecule has 1 unspecified atom stereocenters. The Bertz CT molecular complexity index is 2200. The summed E-state index contributed by atoms with van der Waals surface area (Å²) in [6.45, 7) is 2.13. The van der Waals surface area contributed by atoms with E-state index in [1.165, 1.54) is 0 Å². The summed E-state index contributed by atoms with van der Waals surface area (Å²) >= 11 is 0. The van der Waals surface area contributed by atoms with Gasteiger partial charge in [-0.2, -0.15) is 0 Å². The first-order valence-corrected chi connectivity index (χ1v) is 22.7. The molecule has 3 aliphatic rings. The molecule has 338 valence electrons. The Morgan fingerprint density at radius 1 is 0.415 bits per heavy atom. The average molecular weight is 879 g/mol. The summed E-state index contributed by atoms with van der Waals surface area (Å²) in [5.41, 5.74) is 5.93. The topological polar surface area (TPSA) is 103 Å². The molecular formula is C55H58O10. The molecule has 0 amide bonds. The molecule has 3 saturated heterocycles. The summed E-state index contributed by atoms with van der Waals surface area (Å²) in [5, 5.41) is 13.4. The number of hydrogen-bond donors (Lipinski definition) is 1. The molecule has 6 aromatic carbocycles. The van der Waals surface area contributed by atoms with E-state index in [0.29, 0.717) is 13.2 Å². The van der Waals surface area contributed by atoms with E-state index in [2.05, 4.69) is 0 Å². The summed E-state index contributed by atoms with van der Waals surface area (Å²) in [6, 6.07) is 60.1. The predicted octanol–water partition coefficient (Wildman–Crippen LogP) is 8.63. The third-order valence-corrected chi connectivity index (χ3v) is 12.3. The fourth-order valence-corrected chi connectivity index (χ4v) is 9.05. The van der Waals surface area contributed by atoms with Crippen LogP contribution in [0.4, 0.5) is 0 Å². The third-order valence-electron chi connectivity index (χ3n) is 12.3. The van der Waals surface area contributed by atoms with Gasteiger partial charge >= 0.3 is 0 Å². The van der Waals surface area contributed by atoms with Crippen LogP contribution < -0.4 is 0 Å². The van der Waals surface area contributed by atoms with Crippen LogP contribution in [0.5, 0.6) is 0 Å². The summed E-state index contributed by atoms with van der Waals surface area (Å²) in [5.74, 6) is -0.691. The van der Waals surface area contributed by atoms with E-state index in [0.717, 1.165) is 33.4 Å². The Morgan fingerprint density at radius 2 is 0.785 bits per heavy atom. The van der Waals surface area contributed by atoms with Crippen molar-refractivity contribution in [3.05, 3.63) is 215 Å². The minimum atomic E-state index is -1.23. The number of rotatable bonds is 21. The highest BCUT2D eigenvalue weighted by Gasteiger charge is 2.59. The second-order valence-electron chi connectivity index (χ2n) is 16.9. The zero-order chi connectivity index (χ0) is 44.0. The number of fused-ring (bicyclic) bond motifs is 2. The number of aliphatic hydroxyl groups is 1. The van der Waals surface area contributed by atoms with Crippen LogP contribution in [0.2, 0.25) is 0 Å². The maximum absolute atomic E-state index is 13.4. The molecule has 3 heterocycles. The number of aliphatic hydroxyl groups excluding tert-OH is 1. The highest BCUT2D eigenvalue weighted by atomic mass is 16.8. The van der Waals surface area contributed by atoms with Crippen molar-refractivity contribution in [1.29, 1.82) is 0 Å². The minimum absolute atomic E-state index is 0.151. The van der Waals surface area contributed by atoms with E-state index in [-0.39, 0.29) is 39.6 Å². The van der Waals surface area contributed by atoms with Gasteiger partial charge in [0.25, 0.3) is 0 Å². The third kappa shape index (κ3) is 11.9. The fourth-order valence-electron chi connectivity index (χ4n) is 9.05. The van der Waals surface area contributed by atoms with Gasteiger partial charge in [-0.3, -0.25) is 0 Å². The highest BCUT2D eigenvalue weighted by molar-refractivity contribution is 5.19. The lowest BCUT2D eigenvalue weighted by Crippen LogP contribution is -2.67. The van der Waals surface area contributed by atoms with E-state index in [9.17, 15) is 5.11 Å².